The number of hydrogen-bond donors (Lipinski definition) is 1. The number of fused-ring (bicyclic) bond motifs is 1. The summed E-state index contributed by atoms with van der Waals surface area (Å²) in [4.78, 5) is 16.2. The van der Waals surface area contributed by atoms with Gasteiger partial charge in [0.1, 0.15) is 0 Å². The monoisotopic (exact) mass is 370 g/mol. The van der Waals surface area contributed by atoms with E-state index >= 15 is 0 Å². The zero-order chi connectivity index (χ0) is 17.3. The molecular weight excluding hydrogens is 344 g/mol. The number of rotatable bonds is 4. The first-order chi connectivity index (χ1) is 11.3. The third-order valence-electron chi connectivity index (χ3n) is 5.07. The van der Waals surface area contributed by atoms with Crippen LogP contribution >= 0.6 is 11.3 Å². The van der Waals surface area contributed by atoms with Crippen molar-refractivity contribution in [1.29, 1.82) is 0 Å². The van der Waals surface area contributed by atoms with Gasteiger partial charge >= 0.3 is 0 Å². The lowest BCUT2D eigenvalue weighted by atomic mass is 9.88. The number of piperidine rings is 1. The third-order valence-corrected chi connectivity index (χ3v) is 6.81. The number of sulfonamides is 1. The average molecular weight is 371 g/mol. The largest absolute Gasteiger partial charge is 0.338 e. The Hall–Kier alpha value is -0.920. The summed E-state index contributed by atoms with van der Waals surface area (Å²) in [6.45, 7) is 4.10. The van der Waals surface area contributed by atoms with E-state index in [0.717, 1.165) is 44.2 Å². The first-order valence-corrected chi connectivity index (χ1v) is 11.4. The molecule has 24 heavy (non-hydrogen) atoms. The molecule has 0 radical (unpaired) electrons. The SMILES string of the molecule is CC1CCc2c(C(=O)N3CCCC(CNS(C)(=O)=O)C3)csc2C1. The second-order valence-electron chi connectivity index (χ2n) is 7.28. The predicted molar refractivity (Wildman–Crippen MR) is 97.0 cm³/mol. The maximum atomic E-state index is 13.0. The van der Waals surface area contributed by atoms with Gasteiger partial charge in [0.2, 0.25) is 10.0 Å². The van der Waals surface area contributed by atoms with Gasteiger partial charge in [-0.25, -0.2) is 13.1 Å². The first-order valence-electron chi connectivity index (χ1n) is 8.66. The average Bonchev–Trinajstić information content (AvgIpc) is 2.94. The fourth-order valence-corrected chi connectivity index (χ4v) is 5.49. The highest BCUT2D eigenvalue weighted by Gasteiger charge is 2.29. The van der Waals surface area contributed by atoms with Gasteiger partial charge in [0, 0.05) is 29.9 Å². The lowest BCUT2D eigenvalue weighted by molar-refractivity contribution is 0.0675. The molecular formula is C17H26N2O3S2. The molecule has 0 bridgehead atoms. The van der Waals surface area contributed by atoms with E-state index in [9.17, 15) is 13.2 Å². The summed E-state index contributed by atoms with van der Waals surface area (Å²) in [6, 6.07) is 0. The molecule has 5 nitrogen and oxygen atoms in total. The zero-order valence-corrected chi connectivity index (χ0v) is 16.0. The van der Waals surface area contributed by atoms with E-state index in [2.05, 4.69) is 11.6 Å². The molecule has 0 aromatic carbocycles. The molecule has 2 heterocycles. The van der Waals surface area contributed by atoms with Gasteiger partial charge in [-0.15, -0.1) is 11.3 Å². The van der Waals surface area contributed by atoms with E-state index in [1.165, 1.54) is 16.7 Å². The molecule has 1 aromatic rings. The van der Waals surface area contributed by atoms with Crippen LogP contribution in [0.4, 0.5) is 0 Å². The van der Waals surface area contributed by atoms with Gasteiger partial charge < -0.3 is 4.90 Å². The number of nitrogens with zero attached hydrogens (tertiary/aromatic N) is 1. The summed E-state index contributed by atoms with van der Waals surface area (Å²) in [5.41, 5.74) is 2.15. The summed E-state index contributed by atoms with van der Waals surface area (Å²) in [5.74, 6) is 1.04. The highest BCUT2D eigenvalue weighted by Crippen LogP contribution is 2.34. The number of likely N-dealkylation sites (tertiary alicyclic amines) is 1. The Bertz CT molecular complexity index is 711. The number of thiophene rings is 1. The standard InChI is InChI=1S/C17H26N2O3S2/c1-12-5-6-14-15(11-23-16(14)8-12)17(20)19-7-3-4-13(10-19)9-18-24(2,21)22/h11-13,18H,3-10H2,1-2H3. The second kappa shape index (κ2) is 7.14. The van der Waals surface area contributed by atoms with Crippen molar-refractivity contribution in [2.75, 3.05) is 25.9 Å². The molecule has 0 saturated carbocycles. The Balaban J connectivity index is 1.67. The third kappa shape index (κ3) is 4.18. The molecule has 1 amide bonds. The first kappa shape index (κ1) is 17.9. The summed E-state index contributed by atoms with van der Waals surface area (Å²) < 4.78 is 25.1. The molecule has 2 unspecified atom stereocenters. The Kier molecular flexibility index (Phi) is 5.32. The molecule has 2 aliphatic rings. The van der Waals surface area contributed by atoms with Gasteiger partial charge in [0.05, 0.1) is 11.8 Å². The Morgan fingerprint density at radius 1 is 1.42 bits per heavy atom. The van der Waals surface area contributed by atoms with Crippen molar-refractivity contribution in [2.45, 2.75) is 39.0 Å². The van der Waals surface area contributed by atoms with E-state index < -0.39 is 10.0 Å². The van der Waals surface area contributed by atoms with E-state index in [1.807, 2.05) is 10.3 Å². The summed E-state index contributed by atoms with van der Waals surface area (Å²) in [5, 5.41) is 2.03. The van der Waals surface area contributed by atoms with Crippen molar-refractivity contribution in [3.63, 3.8) is 0 Å². The number of nitrogens with one attached hydrogen (secondary N) is 1. The van der Waals surface area contributed by atoms with Crippen LogP contribution in [0.15, 0.2) is 5.38 Å². The maximum Gasteiger partial charge on any atom is 0.254 e. The van der Waals surface area contributed by atoms with Crippen LogP contribution in [0.3, 0.4) is 0 Å². The summed E-state index contributed by atoms with van der Waals surface area (Å²) in [7, 11) is -3.17. The number of amides is 1. The van der Waals surface area contributed by atoms with Crippen LogP contribution in [0.2, 0.25) is 0 Å². The number of hydrogen-bond acceptors (Lipinski definition) is 4. The highest BCUT2D eigenvalue weighted by molar-refractivity contribution is 7.88. The minimum absolute atomic E-state index is 0.131. The zero-order valence-electron chi connectivity index (χ0n) is 14.4. The molecule has 1 fully saturated rings. The van der Waals surface area contributed by atoms with E-state index in [-0.39, 0.29) is 11.8 Å². The van der Waals surface area contributed by atoms with Gasteiger partial charge in [0.15, 0.2) is 0 Å². The van der Waals surface area contributed by atoms with E-state index in [0.29, 0.717) is 19.0 Å². The smallest absolute Gasteiger partial charge is 0.254 e. The summed E-state index contributed by atoms with van der Waals surface area (Å²) in [6.07, 6.45) is 6.33. The van der Waals surface area contributed by atoms with Crippen LogP contribution in [0.1, 0.15) is 47.0 Å². The van der Waals surface area contributed by atoms with Crippen molar-refractivity contribution in [2.24, 2.45) is 11.8 Å². The van der Waals surface area contributed by atoms with Gasteiger partial charge in [-0.2, -0.15) is 0 Å². The molecule has 7 heteroatoms. The Morgan fingerprint density at radius 2 is 2.21 bits per heavy atom. The van der Waals surface area contributed by atoms with Crippen LogP contribution < -0.4 is 4.72 Å². The van der Waals surface area contributed by atoms with Crippen LogP contribution in [0.25, 0.3) is 0 Å². The molecule has 1 aliphatic heterocycles. The minimum atomic E-state index is -3.17. The van der Waals surface area contributed by atoms with Crippen molar-refractivity contribution in [3.05, 3.63) is 21.4 Å². The molecule has 3 rings (SSSR count). The maximum absolute atomic E-state index is 13.0. The van der Waals surface area contributed by atoms with Gasteiger partial charge in [0.25, 0.3) is 5.91 Å². The van der Waals surface area contributed by atoms with E-state index in [1.54, 1.807) is 11.3 Å². The molecule has 1 aromatic heterocycles. The van der Waals surface area contributed by atoms with Crippen LogP contribution in [0, 0.1) is 11.8 Å². The second-order valence-corrected chi connectivity index (χ2v) is 10.1. The predicted octanol–water partition coefficient (Wildman–Crippen LogP) is 2.27. The Morgan fingerprint density at radius 3 is 2.96 bits per heavy atom. The summed E-state index contributed by atoms with van der Waals surface area (Å²) >= 11 is 1.72. The molecule has 1 saturated heterocycles. The number of carbonyl (C=O) groups is 1. The van der Waals surface area contributed by atoms with E-state index in [4.69, 9.17) is 0 Å². The van der Waals surface area contributed by atoms with Crippen LogP contribution in [0.5, 0.6) is 0 Å². The molecule has 1 N–H and O–H groups in total. The highest BCUT2D eigenvalue weighted by atomic mass is 32.2. The van der Waals surface area contributed by atoms with Crippen molar-refractivity contribution < 1.29 is 13.2 Å². The van der Waals surface area contributed by atoms with Crippen LogP contribution in [-0.4, -0.2) is 45.1 Å². The Labute approximate surface area is 148 Å². The number of carbonyl (C=O) groups excluding carboxylic acids is 1. The quantitative estimate of drug-likeness (QED) is 0.884. The van der Waals surface area contributed by atoms with Crippen molar-refractivity contribution in [1.82, 2.24) is 9.62 Å². The van der Waals surface area contributed by atoms with Crippen molar-refractivity contribution in [3.8, 4) is 0 Å². The minimum Gasteiger partial charge on any atom is -0.338 e. The van der Waals surface area contributed by atoms with Crippen molar-refractivity contribution >= 4 is 27.3 Å². The topological polar surface area (TPSA) is 66.5 Å². The van der Waals surface area contributed by atoms with Crippen LogP contribution in [-0.2, 0) is 22.9 Å². The normalized spacial score (nSPS) is 24.7. The molecule has 0 spiro atoms. The fraction of sp³-hybridized carbons (Fsp3) is 0.706. The fourth-order valence-electron chi connectivity index (χ4n) is 3.71. The lowest BCUT2D eigenvalue weighted by Crippen LogP contribution is -2.43. The molecule has 134 valence electrons. The van der Waals surface area contributed by atoms with Gasteiger partial charge in [-0.05, 0) is 49.5 Å². The van der Waals surface area contributed by atoms with Gasteiger partial charge in [-0.1, -0.05) is 6.92 Å². The van der Waals surface area contributed by atoms with Gasteiger partial charge in [-0.3, -0.25) is 4.79 Å². The lowest BCUT2D eigenvalue weighted by Gasteiger charge is -2.33. The molecule has 2 atom stereocenters. The molecule has 1 aliphatic carbocycles.